The van der Waals surface area contributed by atoms with Crippen LogP contribution in [0.1, 0.15) is 78.6 Å². The van der Waals surface area contributed by atoms with Crippen molar-refractivity contribution in [2.24, 2.45) is 0 Å². The predicted octanol–water partition coefficient (Wildman–Crippen LogP) is 6.18. The van der Waals surface area contributed by atoms with E-state index >= 15 is 0 Å². The van der Waals surface area contributed by atoms with Crippen molar-refractivity contribution in [2.75, 3.05) is 18.1 Å². The molecule has 5 rings (SSSR count). The number of carbonyl (C=O) groups is 3. The van der Waals surface area contributed by atoms with Crippen LogP contribution in [0.3, 0.4) is 0 Å². The highest BCUT2D eigenvalue weighted by Gasteiger charge is 2.48. The Bertz CT molecular complexity index is 1590. The number of thiazole rings is 1. The minimum absolute atomic E-state index is 0.00152. The van der Waals surface area contributed by atoms with Gasteiger partial charge in [-0.05, 0) is 68.7 Å². The molecule has 0 radical (unpaired) electrons. The summed E-state index contributed by atoms with van der Waals surface area (Å²) in [7, 11) is 0. The number of aromatic nitrogens is 1. The Morgan fingerprint density at radius 1 is 1.14 bits per heavy atom. The summed E-state index contributed by atoms with van der Waals surface area (Å²) in [4.78, 5) is 45.7. The molecule has 1 fully saturated rings. The number of rotatable bonds is 10. The number of hydrogen-bond acceptors (Lipinski definition) is 9. The van der Waals surface area contributed by atoms with Crippen LogP contribution in [0.2, 0.25) is 0 Å². The average Bonchev–Trinajstić information content (AvgIpc) is 3.61. The highest BCUT2D eigenvalue weighted by atomic mass is 32.1. The van der Waals surface area contributed by atoms with E-state index in [-0.39, 0.29) is 28.4 Å². The first kappa shape index (κ1) is 29.3. The quantitative estimate of drug-likeness (QED) is 0.0979. The second-order valence-corrected chi connectivity index (χ2v) is 11.4. The molecule has 0 unspecified atom stereocenters. The Morgan fingerprint density at radius 3 is 2.62 bits per heavy atom. The van der Waals surface area contributed by atoms with Crippen LogP contribution in [0.25, 0.3) is 5.76 Å². The molecule has 1 N–H and O–H groups in total. The highest BCUT2D eigenvalue weighted by Crippen LogP contribution is 2.46. The van der Waals surface area contributed by atoms with Crippen LogP contribution in [0.5, 0.6) is 17.2 Å². The molecule has 1 amide bonds. The van der Waals surface area contributed by atoms with E-state index in [2.05, 4.69) is 11.9 Å². The molecular formula is C32H34N2O7S. The maximum atomic E-state index is 13.7. The van der Waals surface area contributed by atoms with Gasteiger partial charge in [-0.25, -0.2) is 4.98 Å². The van der Waals surface area contributed by atoms with Crippen molar-refractivity contribution in [3.63, 3.8) is 0 Å². The fourth-order valence-corrected chi connectivity index (χ4v) is 6.28. The van der Waals surface area contributed by atoms with E-state index in [1.54, 1.807) is 43.3 Å². The van der Waals surface area contributed by atoms with E-state index in [1.165, 1.54) is 11.8 Å². The number of aliphatic hydroxyl groups excluding tert-OH is 1. The molecule has 2 aliphatic rings. The summed E-state index contributed by atoms with van der Waals surface area (Å²) in [5.41, 5.74) is 2.22. The number of fused-ring (bicyclic) bond motifs is 1. The van der Waals surface area contributed by atoms with Crippen molar-refractivity contribution in [3.05, 3.63) is 69.2 Å². The van der Waals surface area contributed by atoms with Gasteiger partial charge in [-0.3, -0.25) is 19.3 Å². The van der Waals surface area contributed by atoms with Gasteiger partial charge >= 0.3 is 5.91 Å². The number of aryl methyl sites for hydroxylation is 1. The Hall–Kier alpha value is -4.18. The summed E-state index contributed by atoms with van der Waals surface area (Å²) >= 11 is 1.04. The number of ether oxygens (including phenoxy) is 3. The van der Waals surface area contributed by atoms with Gasteiger partial charge in [0.15, 0.2) is 22.4 Å². The summed E-state index contributed by atoms with van der Waals surface area (Å²) in [5.74, 6) is -0.449. The Morgan fingerprint density at radius 2 is 1.93 bits per heavy atom. The van der Waals surface area contributed by atoms with Crippen molar-refractivity contribution in [2.45, 2.75) is 66.0 Å². The highest BCUT2D eigenvalue weighted by molar-refractivity contribution is 7.18. The maximum absolute atomic E-state index is 13.7. The predicted molar refractivity (Wildman–Crippen MR) is 160 cm³/mol. The number of hydrogen-bond donors (Lipinski definition) is 1. The smallest absolute Gasteiger partial charge is 0.301 e. The lowest BCUT2D eigenvalue weighted by Crippen LogP contribution is -2.29. The minimum atomic E-state index is -1.03. The van der Waals surface area contributed by atoms with Gasteiger partial charge in [0.1, 0.15) is 17.6 Å². The largest absolute Gasteiger partial charge is 0.507 e. The summed E-state index contributed by atoms with van der Waals surface area (Å²) in [6, 6.07) is 9.43. The van der Waals surface area contributed by atoms with Gasteiger partial charge < -0.3 is 19.3 Å². The summed E-state index contributed by atoms with van der Waals surface area (Å²) in [6.07, 6.45) is 2.51. The molecule has 2 aliphatic heterocycles. The molecule has 0 aliphatic carbocycles. The number of anilines is 1. The molecule has 2 atom stereocenters. The molecular weight excluding hydrogens is 556 g/mol. The molecule has 9 nitrogen and oxygen atoms in total. The molecule has 10 heteroatoms. The fraction of sp³-hybridized carbons (Fsp3) is 0.375. The first-order chi connectivity index (χ1) is 20.1. The minimum Gasteiger partial charge on any atom is -0.507 e. The monoisotopic (exact) mass is 590 g/mol. The van der Waals surface area contributed by atoms with Crippen LogP contribution < -0.4 is 19.1 Å². The zero-order chi connectivity index (χ0) is 30.1. The molecule has 1 saturated heterocycles. The number of benzene rings is 2. The van der Waals surface area contributed by atoms with Gasteiger partial charge in [-0.1, -0.05) is 30.7 Å². The molecule has 0 saturated carbocycles. The van der Waals surface area contributed by atoms with Crippen LogP contribution in [0.15, 0.2) is 42.0 Å². The molecule has 0 bridgehead atoms. The number of nitrogens with zero attached hydrogens (tertiary/aromatic N) is 2. The number of aliphatic hydroxyl groups is 1. The number of unbranched alkanes of at least 4 members (excludes halogenated alkanes) is 1. The first-order valence-corrected chi connectivity index (χ1v) is 14.9. The van der Waals surface area contributed by atoms with E-state index in [9.17, 15) is 19.5 Å². The molecule has 1 aromatic heterocycles. The van der Waals surface area contributed by atoms with Gasteiger partial charge in [0.2, 0.25) is 0 Å². The van der Waals surface area contributed by atoms with E-state index in [0.29, 0.717) is 52.8 Å². The average molecular weight is 591 g/mol. The van der Waals surface area contributed by atoms with Crippen LogP contribution >= 0.6 is 11.3 Å². The SMILES string of the molecule is CCCCOc1ccc([C@H]2C(=C(O)c3ccc4c(c3)C[C@@H](C)O4)C(=O)C(=O)N2c2nc(C)c(C(C)=O)s2)cc1OCC. The van der Waals surface area contributed by atoms with Gasteiger partial charge in [0.25, 0.3) is 5.78 Å². The van der Waals surface area contributed by atoms with Crippen molar-refractivity contribution in [1.29, 1.82) is 0 Å². The van der Waals surface area contributed by atoms with Crippen LogP contribution in [-0.2, 0) is 16.0 Å². The van der Waals surface area contributed by atoms with Crippen molar-refractivity contribution in [3.8, 4) is 17.2 Å². The summed E-state index contributed by atoms with van der Waals surface area (Å²) in [6.45, 7) is 9.89. The summed E-state index contributed by atoms with van der Waals surface area (Å²) < 4.78 is 17.6. The lowest BCUT2D eigenvalue weighted by Gasteiger charge is -2.24. The number of carbonyl (C=O) groups excluding carboxylic acids is 3. The van der Waals surface area contributed by atoms with E-state index in [4.69, 9.17) is 14.2 Å². The molecule has 42 heavy (non-hydrogen) atoms. The second-order valence-electron chi connectivity index (χ2n) is 10.4. The van der Waals surface area contributed by atoms with Crippen LogP contribution in [0, 0.1) is 6.92 Å². The molecule has 3 aromatic rings. The van der Waals surface area contributed by atoms with Crippen LogP contribution in [-0.4, -0.2) is 46.9 Å². The second kappa shape index (κ2) is 12.0. The van der Waals surface area contributed by atoms with E-state index in [0.717, 1.165) is 35.5 Å². The van der Waals surface area contributed by atoms with Gasteiger partial charge in [-0.15, -0.1) is 0 Å². The number of Topliss-reactive ketones (excluding diaryl/α,β-unsaturated/α-hetero) is 2. The van der Waals surface area contributed by atoms with Crippen molar-refractivity contribution < 1.29 is 33.7 Å². The Kier molecular flexibility index (Phi) is 8.36. The van der Waals surface area contributed by atoms with Gasteiger partial charge in [-0.2, -0.15) is 0 Å². The molecule has 2 aromatic carbocycles. The maximum Gasteiger partial charge on any atom is 0.301 e. The Labute approximate surface area is 248 Å². The topological polar surface area (TPSA) is 115 Å². The third-order valence-corrected chi connectivity index (χ3v) is 8.52. The fourth-order valence-electron chi connectivity index (χ4n) is 5.29. The molecule has 220 valence electrons. The standard InChI is InChI=1S/C32H34N2O7S/c1-6-8-13-40-24-12-9-20(16-25(24)39-7-2)27-26(28(36)21-10-11-23-22(15-21)14-17(3)41-23)29(37)31(38)34(27)32-33-18(4)30(42-32)19(5)35/h9-12,15-17,27,36H,6-8,13-14H2,1-5H3/t17-,27+/m1/s1. The lowest BCUT2D eigenvalue weighted by atomic mass is 9.94. The van der Waals surface area contributed by atoms with Crippen molar-refractivity contribution in [1.82, 2.24) is 4.98 Å². The van der Waals surface area contributed by atoms with Gasteiger partial charge in [0.05, 0.1) is 35.4 Å². The zero-order valence-corrected chi connectivity index (χ0v) is 25.2. The number of amides is 1. The Balaban J connectivity index is 1.68. The van der Waals surface area contributed by atoms with Gasteiger partial charge in [0, 0.05) is 18.9 Å². The van der Waals surface area contributed by atoms with E-state index < -0.39 is 17.7 Å². The normalized spacial score (nSPS) is 19.1. The zero-order valence-electron chi connectivity index (χ0n) is 24.4. The summed E-state index contributed by atoms with van der Waals surface area (Å²) in [5, 5.41) is 11.8. The van der Waals surface area contributed by atoms with Crippen molar-refractivity contribution >= 4 is 39.7 Å². The third kappa shape index (κ3) is 5.38. The van der Waals surface area contributed by atoms with E-state index in [1.807, 2.05) is 13.8 Å². The number of ketones is 2. The first-order valence-electron chi connectivity index (χ1n) is 14.1. The third-order valence-electron chi connectivity index (χ3n) is 7.26. The molecule has 0 spiro atoms. The molecule has 3 heterocycles. The lowest BCUT2D eigenvalue weighted by molar-refractivity contribution is -0.132. The van der Waals surface area contributed by atoms with Crippen LogP contribution in [0.4, 0.5) is 5.13 Å².